The van der Waals surface area contributed by atoms with Gasteiger partial charge in [-0.05, 0) is 38.8 Å². The monoisotopic (exact) mass is 404 g/mol. The highest BCUT2D eigenvalue weighted by atomic mass is 16.1. The van der Waals surface area contributed by atoms with Crippen molar-refractivity contribution in [3.8, 4) is 0 Å². The molecule has 1 rings (SSSR count). The van der Waals surface area contributed by atoms with Crippen molar-refractivity contribution < 1.29 is 9.59 Å². The maximum atomic E-state index is 12.1. The maximum absolute atomic E-state index is 12.1. The number of aromatic nitrogens is 1. The van der Waals surface area contributed by atoms with E-state index in [0.29, 0.717) is 30.7 Å². The van der Waals surface area contributed by atoms with Gasteiger partial charge in [0.2, 0.25) is 0 Å². The van der Waals surface area contributed by atoms with Crippen molar-refractivity contribution in [3.63, 3.8) is 0 Å². The van der Waals surface area contributed by atoms with Crippen LogP contribution in [0.5, 0.6) is 0 Å². The molecule has 0 radical (unpaired) electrons. The smallest absolute Gasteiger partial charge is 0.251 e. The summed E-state index contributed by atoms with van der Waals surface area (Å²) in [6.07, 6.45) is 10.1. The molecule has 0 aliphatic heterocycles. The van der Waals surface area contributed by atoms with Crippen molar-refractivity contribution in [2.24, 2.45) is 16.5 Å². The van der Waals surface area contributed by atoms with Crippen molar-refractivity contribution in [1.82, 2.24) is 10.3 Å². The number of aromatic amines is 1. The minimum absolute atomic E-state index is 0.0507. The summed E-state index contributed by atoms with van der Waals surface area (Å²) in [5.41, 5.74) is 12.6. The van der Waals surface area contributed by atoms with Gasteiger partial charge in [0, 0.05) is 24.6 Å². The van der Waals surface area contributed by atoms with Crippen molar-refractivity contribution >= 4 is 23.9 Å². The molecule has 29 heavy (non-hydrogen) atoms. The number of Topliss-reactive ketones (excluding diaryl/α,β-unsaturated/α-hetero) is 1. The molecule has 0 fully saturated rings. The lowest BCUT2D eigenvalue weighted by atomic mass is 10.0. The molecule has 1 amide bonds. The van der Waals surface area contributed by atoms with Crippen molar-refractivity contribution in [1.29, 1.82) is 5.41 Å². The van der Waals surface area contributed by atoms with Crippen LogP contribution in [0.3, 0.4) is 0 Å². The summed E-state index contributed by atoms with van der Waals surface area (Å²) >= 11 is 0. The Balaban J connectivity index is 2.52. The molecule has 0 aliphatic carbocycles. The van der Waals surface area contributed by atoms with Gasteiger partial charge in [0.1, 0.15) is 18.0 Å². The van der Waals surface area contributed by atoms with Gasteiger partial charge in [-0.1, -0.05) is 32.6 Å². The molecule has 1 unspecified atom stereocenters. The largest absolute Gasteiger partial charge is 0.382 e. The number of hydrogen-bond donors (Lipinski definition) is 5. The lowest BCUT2D eigenvalue weighted by Gasteiger charge is -2.15. The van der Waals surface area contributed by atoms with Crippen LogP contribution in [0.15, 0.2) is 11.1 Å². The van der Waals surface area contributed by atoms with E-state index in [9.17, 15) is 9.59 Å². The topological polar surface area (TPSA) is 150 Å². The molecular weight excluding hydrogens is 368 g/mol. The summed E-state index contributed by atoms with van der Waals surface area (Å²) in [5, 5.41) is 10.3. The average Bonchev–Trinajstić information content (AvgIpc) is 3.13. The number of carbonyl (C=O) groups excluding carboxylic acids is 2. The van der Waals surface area contributed by atoms with Crippen molar-refractivity contribution in [2.75, 3.05) is 7.05 Å². The normalized spacial score (nSPS) is 12.7. The molecule has 1 heterocycles. The van der Waals surface area contributed by atoms with Gasteiger partial charge in [0.05, 0.1) is 11.3 Å². The first-order valence-electron chi connectivity index (χ1n) is 10.5. The second-order valence-electron chi connectivity index (χ2n) is 7.36. The molecule has 8 heteroatoms. The van der Waals surface area contributed by atoms with E-state index in [2.05, 4.69) is 22.2 Å². The number of nitrogens with zero attached hydrogens (tertiary/aromatic N) is 1. The molecule has 162 valence electrons. The average molecular weight is 405 g/mol. The van der Waals surface area contributed by atoms with Gasteiger partial charge >= 0.3 is 0 Å². The third kappa shape index (κ3) is 9.04. The highest BCUT2D eigenvalue weighted by Crippen LogP contribution is 2.15. The second kappa shape index (κ2) is 13.7. The third-order valence-electron chi connectivity index (χ3n) is 5.10. The van der Waals surface area contributed by atoms with Gasteiger partial charge in [-0.3, -0.25) is 15.0 Å². The molecule has 0 aromatic carbocycles. The summed E-state index contributed by atoms with van der Waals surface area (Å²) in [7, 11) is 1.89. The zero-order valence-electron chi connectivity index (χ0n) is 17.7. The number of unbranched alkanes of at least 4 members (excludes halogenated alkanes) is 4. The Morgan fingerprint density at radius 1 is 1.21 bits per heavy atom. The quantitative estimate of drug-likeness (QED) is 0.163. The SMILES string of the molecule is CCCCCCCC(=O)CCC(CCc1cc(C(N)=O)c(/C(N)=N\C=N)[nH]1)NC. The number of amides is 1. The lowest BCUT2D eigenvalue weighted by Crippen LogP contribution is -2.26. The van der Waals surface area contributed by atoms with Crippen LogP contribution in [0, 0.1) is 5.41 Å². The summed E-state index contributed by atoms with van der Waals surface area (Å²) in [5.74, 6) is -0.217. The van der Waals surface area contributed by atoms with Gasteiger partial charge in [-0.2, -0.15) is 0 Å². The lowest BCUT2D eigenvalue weighted by molar-refractivity contribution is -0.119. The Morgan fingerprint density at radius 2 is 1.93 bits per heavy atom. The Morgan fingerprint density at radius 3 is 2.55 bits per heavy atom. The predicted molar refractivity (Wildman–Crippen MR) is 118 cm³/mol. The highest BCUT2D eigenvalue weighted by molar-refractivity contribution is 6.09. The summed E-state index contributed by atoms with van der Waals surface area (Å²) < 4.78 is 0. The zero-order chi connectivity index (χ0) is 21.6. The fourth-order valence-corrected chi connectivity index (χ4v) is 3.32. The van der Waals surface area contributed by atoms with Gasteiger partial charge in [0.15, 0.2) is 0 Å². The van der Waals surface area contributed by atoms with Gasteiger partial charge in [-0.25, -0.2) is 4.99 Å². The van der Waals surface area contributed by atoms with E-state index in [4.69, 9.17) is 16.9 Å². The predicted octanol–water partition coefficient (Wildman–Crippen LogP) is 2.66. The molecule has 1 atom stereocenters. The van der Waals surface area contributed by atoms with E-state index in [-0.39, 0.29) is 17.4 Å². The van der Waals surface area contributed by atoms with Crippen LogP contribution < -0.4 is 16.8 Å². The van der Waals surface area contributed by atoms with Crippen LogP contribution in [0.25, 0.3) is 0 Å². The fourth-order valence-electron chi connectivity index (χ4n) is 3.32. The summed E-state index contributed by atoms with van der Waals surface area (Å²) in [4.78, 5) is 30.5. The number of amidine groups is 1. The number of ketones is 1. The molecular formula is C21H36N6O2. The number of carbonyl (C=O) groups is 2. The zero-order valence-corrected chi connectivity index (χ0v) is 17.7. The van der Waals surface area contributed by atoms with E-state index >= 15 is 0 Å². The standard InChI is InChI=1S/C21H36N6O2/c1-3-4-5-6-7-8-17(28)12-11-15(25-2)9-10-16-13-18(21(24)29)19(27-16)20(23)26-14-22/h13-15,25,27H,3-12H2,1-2H3,(H2,24,29)(H3,22,23,26). The molecule has 7 N–H and O–H groups in total. The van der Waals surface area contributed by atoms with Crippen LogP contribution in [-0.2, 0) is 11.2 Å². The summed E-state index contributed by atoms with van der Waals surface area (Å²) in [6.45, 7) is 2.19. The minimum atomic E-state index is -0.597. The number of rotatable bonds is 16. The van der Waals surface area contributed by atoms with Crippen LogP contribution in [0.2, 0.25) is 0 Å². The van der Waals surface area contributed by atoms with Crippen LogP contribution >= 0.6 is 0 Å². The number of nitrogens with two attached hydrogens (primary N) is 2. The molecule has 0 saturated heterocycles. The number of aliphatic imine (C=N–C) groups is 1. The van der Waals surface area contributed by atoms with Crippen LogP contribution in [-0.4, -0.2) is 41.9 Å². The Hall–Kier alpha value is -2.48. The molecule has 0 spiro atoms. The Labute approximate surface area is 173 Å². The first kappa shape index (κ1) is 24.6. The van der Waals surface area contributed by atoms with Crippen molar-refractivity contribution in [2.45, 2.75) is 77.2 Å². The molecule has 0 bridgehead atoms. The number of aryl methyl sites for hydroxylation is 1. The van der Waals surface area contributed by atoms with E-state index in [1.54, 1.807) is 6.07 Å². The highest BCUT2D eigenvalue weighted by Gasteiger charge is 2.17. The molecule has 1 aromatic heterocycles. The Kier molecular flexibility index (Phi) is 11.6. The van der Waals surface area contributed by atoms with E-state index in [1.807, 2.05) is 7.05 Å². The molecule has 0 aliphatic rings. The van der Waals surface area contributed by atoms with E-state index in [0.717, 1.165) is 37.7 Å². The maximum Gasteiger partial charge on any atom is 0.251 e. The van der Waals surface area contributed by atoms with E-state index in [1.165, 1.54) is 19.3 Å². The van der Waals surface area contributed by atoms with Crippen LogP contribution in [0.4, 0.5) is 0 Å². The second-order valence-corrected chi connectivity index (χ2v) is 7.36. The number of nitrogens with one attached hydrogen (secondary N) is 3. The number of hydrogen-bond acceptors (Lipinski definition) is 4. The van der Waals surface area contributed by atoms with Crippen molar-refractivity contribution in [3.05, 3.63) is 23.0 Å². The minimum Gasteiger partial charge on any atom is -0.382 e. The van der Waals surface area contributed by atoms with E-state index < -0.39 is 5.91 Å². The van der Waals surface area contributed by atoms with Gasteiger partial charge in [-0.15, -0.1) is 0 Å². The summed E-state index contributed by atoms with van der Waals surface area (Å²) in [6, 6.07) is 1.88. The van der Waals surface area contributed by atoms with Crippen LogP contribution in [0.1, 0.15) is 86.5 Å². The fraction of sp³-hybridized carbons (Fsp3) is 0.619. The first-order chi connectivity index (χ1) is 13.9. The Bertz CT molecular complexity index is 695. The number of H-pyrrole nitrogens is 1. The molecule has 1 aromatic rings. The number of primary amides is 1. The van der Waals surface area contributed by atoms with Gasteiger partial charge < -0.3 is 21.8 Å². The molecule has 0 saturated carbocycles. The van der Waals surface area contributed by atoms with Gasteiger partial charge in [0.25, 0.3) is 5.91 Å². The molecule has 8 nitrogen and oxygen atoms in total. The third-order valence-corrected chi connectivity index (χ3v) is 5.10. The first-order valence-corrected chi connectivity index (χ1v) is 10.5.